The summed E-state index contributed by atoms with van der Waals surface area (Å²) in [4.78, 5) is 18.3. The van der Waals surface area contributed by atoms with Crippen LogP contribution >= 0.6 is 0 Å². The highest BCUT2D eigenvalue weighted by Gasteiger charge is 2.14. The number of hydrogen-bond acceptors (Lipinski definition) is 2. The number of carbonyl (C=O) groups is 1. The lowest BCUT2D eigenvalue weighted by Crippen LogP contribution is -2.35. The summed E-state index contributed by atoms with van der Waals surface area (Å²) < 4.78 is 1.58. The molecule has 0 radical (unpaired) electrons. The first kappa shape index (κ1) is 16.7. The minimum absolute atomic E-state index is 0.0653. The van der Waals surface area contributed by atoms with Crippen molar-refractivity contribution in [3.63, 3.8) is 0 Å². The molecule has 0 bridgehead atoms. The Labute approximate surface area is 123 Å². The predicted molar refractivity (Wildman–Crippen MR) is 82.9 cm³/mol. The van der Waals surface area contributed by atoms with Crippen LogP contribution in [0.5, 0.6) is 0 Å². The van der Waals surface area contributed by atoms with Crippen LogP contribution in [0.25, 0.3) is 0 Å². The number of nitrogens with zero attached hydrogens (tertiary/aromatic N) is 3. The number of aromatic nitrogens is 2. The number of carbonyl (C=O) groups excluding carboxylic acids is 1. The van der Waals surface area contributed by atoms with Crippen LogP contribution in [0.2, 0.25) is 0 Å². The molecule has 0 N–H and O–H groups in total. The number of hydrogen-bond donors (Lipinski definition) is 0. The smallest absolute Gasteiger partial charge is 0.324 e. The van der Waals surface area contributed by atoms with Gasteiger partial charge in [-0.3, -0.25) is 4.57 Å². The van der Waals surface area contributed by atoms with Gasteiger partial charge in [0.05, 0.1) is 0 Å². The summed E-state index contributed by atoms with van der Waals surface area (Å²) in [5, 5.41) is 0. The molecule has 0 saturated carbocycles. The number of imidazole rings is 1. The molecule has 0 atom stereocenters. The standard InChI is InChI=1S/C16H29N3O/c1-3-5-7-9-12-18(13-10-8-6-4-2)16(20)19-14-11-17-15-19/h11,14-15H,3-10,12-13H2,1-2H3. The first-order valence-electron chi connectivity index (χ1n) is 8.06. The molecule has 0 spiro atoms. The number of amides is 1. The van der Waals surface area contributed by atoms with Crippen LogP contribution < -0.4 is 0 Å². The Hall–Kier alpha value is -1.32. The highest BCUT2D eigenvalue weighted by Crippen LogP contribution is 2.07. The summed E-state index contributed by atoms with van der Waals surface area (Å²) >= 11 is 0. The van der Waals surface area contributed by atoms with E-state index < -0.39 is 0 Å². The molecule has 20 heavy (non-hydrogen) atoms. The van der Waals surface area contributed by atoms with Gasteiger partial charge in [-0.05, 0) is 12.8 Å². The second-order valence-corrected chi connectivity index (χ2v) is 5.36. The molecule has 0 unspecified atom stereocenters. The zero-order valence-corrected chi connectivity index (χ0v) is 13.1. The summed E-state index contributed by atoms with van der Waals surface area (Å²) in [5.74, 6) is 0. The maximum absolute atomic E-state index is 12.4. The quantitative estimate of drug-likeness (QED) is 0.598. The molecular formula is C16H29N3O. The fraction of sp³-hybridized carbons (Fsp3) is 0.750. The van der Waals surface area contributed by atoms with Crippen LogP contribution in [0, 0.1) is 0 Å². The van der Waals surface area contributed by atoms with E-state index in [1.807, 2.05) is 4.90 Å². The van der Waals surface area contributed by atoms with Gasteiger partial charge < -0.3 is 4.90 Å². The van der Waals surface area contributed by atoms with Gasteiger partial charge in [-0.15, -0.1) is 0 Å². The monoisotopic (exact) mass is 279 g/mol. The molecule has 0 aliphatic heterocycles. The molecule has 1 aromatic heterocycles. The van der Waals surface area contributed by atoms with E-state index >= 15 is 0 Å². The maximum atomic E-state index is 12.4. The van der Waals surface area contributed by atoms with Gasteiger partial charge in [0.1, 0.15) is 6.33 Å². The van der Waals surface area contributed by atoms with Crippen molar-refractivity contribution in [1.82, 2.24) is 14.5 Å². The molecule has 1 heterocycles. The van der Waals surface area contributed by atoms with Gasteiger partial charge >= 0.3 is 6.03 Å². The largest absolute Gasteiger partial charge is 0.329 e. The third-order valence-corrected chi connectivity index (χ3v) is 3.56. The molecule has 1 amide bonds. The van der Waals surface area contributed by atoms with Crippen LogP contribution in [0.4, 0.5) is 4.79 Å². The van der Waals surface area contributed by atoms with E-state index in [9.17, 15) is 4.79 Å². The number of unbranched alkanes of at least 4 members (excludes halogenated alkanes) is 6. The van der Waals surface area contributed by atoms with E-state index in [0.29, 0.717) is 0 Å². The van der Waals surface area contributed by atoms with Crippen molar-refractivity contribution in [3.05, 3.63) is 18.7 Å². The highest BCUT2D eigenvalue weighted by molar-refractivity contribution is 5.76. The van der Waals surface area contributed by atoms with Gasteiger partial charge in [0.15, 0.2) is 0 Å². The van der Waals surface area contributed by atoms with Crippen LogP contribution in [-0.2, 0) is 0 Å². The topological polar surface area (TPSA) is 38.1 Å². The SMILES string of the molecule is CCCCCCN(CCCCCC)C(=O)n1ccnc1. The van der Waals surface area contributed by atoms with E-state index in [1.165, 1.54) is 38.5 Å². The molecule has 0 aromatic carbocycles. The van der Waals surface area contributed by atoms with Crippen molar-refractivity contribution in [2.24, 2.45) is 0 Å². The molecule has 0 aliphatic rings. The summed E-state index contributed by atoms with van der Waals surface area (Å²) in [5.41, 5.74) is 0. The second-order valence-electron chi connectivity index (χ2n) is 5.36. The summed E-state index contributed by atoms with van der Waals surface area (Å²) in [6, 6.07) is 0.0653. The van der Waals surface area contributed by atoms with Gasteiger partial charge in [-0.1, -0.05) is 52.4 Å². The van der Waals surface area contributed by atoms with Crippen molar-refractivity contribution >= 4 is 6.03 Å². The van der Waals surface area contributed by atoms with Gasteiger partial charge in [-0.2, -0.15) is 0 Å². The van der Waals surface area contributed by atoms with Gasteiger partial charge in [0.25, 0.3) is 0 Å². The molecule has 1 rings (SSSR count). The molecule has 0 aliphatic carbocycles. The third-order valence-electron chi connectivity index (χ3n) is 3.56. The van der Waals surface area contributed by atoms with Crippen molar-refractivity contribution in [3.8, 4) is 0 Å². The van der Waals surface area contributed by atoms with Crippen LogP contribution in [-0.4, -0.2) is 33.6 Å². The highest BCUT2D eigenvalue weighted by atomic mass is 16.2. The third kappa shape index (κ3) is 6.22. The van der Waals surface area contributed by atoms with Crippen molar-refractivity contribution in [2.75, 3.05) is 13.1 Å². The molecule has 4 heteroatoms. The van der Waals surface area contributed by atoms with E-state index in [-0.39, 0.29) is 6.03 Å². The molecule has 4 nitrogen and oxygen atoms in total. The summed E-state index contributed by atoms with van der Waals surface area (Å²) in [6.45, 7) is 6.14. The zero-order chi connectivity index (χ0) is 14.6. The lowest BCUT2D eigenvalue weighted by atomic mass is 10.2. The molecule has 0 fully saturated rings. The van der Waals surface area contributed by atoms with Crippen LogP contribution in [0.1, 0.15) is 65.2 Å². The average molecular weight is 279 g/mol. The Morgan fingerprint density at radius 2 is 1.60 bits per heavy atom. The Kier molecular flexibility index (Phi) is 8.76. The van der Waals surface area contributed by atoms with E-state index in [1.54, 1.807) is 23.3 Å². The van der Waals surface area contributed by atoms with E-state index in [4.69, 9.17) is 0 Å². The van der Waals surface area contributed by atoms with Crippen molar-refractivity contribution < 1.29 is 4.79 Å². The maximum Gasteiger partial charge on any atom is 0.329 e. The predicted octanol–water partition coefficient (Wildman–Crippen LogP) is 4.31. The second kappa shape index (κ2) is 10.5. The molecule has 0 saturated heterocycles. The lowest BCUT2D eigenvalue weighted by molar-refractivity contribution is 0.197. The van der Waals surface area contributed by atoms with E-state index in [0.717, 1.165) is 25.9 Å². The Bertz CT molecular complexity index is 337. The van der Waals surface area contributed by atoms with Gasteiger partial charge in [-0.25, -0.2) is 9.78 Å². The molecular weight excluding hydrogens is 250 g/mol. The first-order chi connectivity index (χ1) is 9.79. The van der Waals surface area contributed by atoms with Crippen molar-refractivity contribution in [1.29, 1.82) is 0 Å². The van der Waals surface area contributed by atoms with Gasteiger partial charge in [0.2, 0.25) is 0 Å². The van der Waals surface area contributed by atoms with Crippen LogP contribution in [0.3, 0.4) is 0 Å². The Morgan fingerprint density at radius 1 is 1.00 bits per heavy atom. The lowest BCUT2D eigenvalue weighted by Gasteiger charge is -2.22. The minimum atomic E-state index is 0.0653. The molecule has 114 valence electrons. The summed E-state index contributed by atoms with van der Waals surface area (Å²) in [6.07, 6.45) is 14.6. The van der Waals surface area contributed by atoms with E-state index in [2.05, 4.69) is 18.8 Å². The Balaban J connectivity index is 2.43. The fourth-order valence-electron chi connectivity index (χ4n) is 2.30. The zero-order valence-electron chi connectivity index (χ0n) is 13.1. The fourth-order valence-corrected chi connectivity index (χ4v) is 2.30. The minimum Gasteiger partial charge on any atom is -0.324 e. The average Bonchev–Trinajstić information content (AvgIpc) is 2.99. The summed E-state index contributed by atoms with van der Waals surface area (Å²) in [7, 11) is 0. The first-order valence-corrected chi connectivity index (χ1v) is 8.06. The Morgan fingerprint density at radius 3 is 2.05 bits per heavy atom. The molecule has 1 aromatic rings. The van der Waals surface area contributed by atoms with Crippen molar-refractivity contribution in [2.45, 2.75) is 65.2 Å². The van der Waals surface area contributed by atoms with Gasteiger partial charge in [0, 0.05) is 25.5 Å². The van der Waals surface area contributed by atoms with Crippen LogP contribution in [0.15, 0.2) is 18.7 Å². The normalized spacial score (nSPS) is 10.7. The number of rotatable bonds is 10.